The number of carbonyl (C=O) groups excluding carboxylic acids is 1. The lowest BCUT2D eigenvalue weighted by Gasteiger charge is -2.11. The fraction of sp³-hybridized carbons (Fsp3) is 0.125. The lowest BCUT2D eigenvalue weighted by Crippen LogP contribution is -2.13. The zero-order chi connectivity index (χ0) is 15.5. The average molecular weight is 314 g/mol. The maximum absolute atomic E-state index is 12.5. The molecule has 6 heteroatoms. The Balaban J connectivity index is 1.90. The number of rotatable bonds is 4. The number of amides is 1. The Kier molecular flexibility index (Phi) is 3.93. The summed E-state index contributed by atoms with van der Waals surface area (Å²) in [6, 6.07) is 10.7. The molecule has 0 spiro atoms. The van der Waals surface area contributed by atoms with Gasteiger partial charge in [-0.15, -0.1) is 11.3 Å². The molecule has 3 rings (SSSR count). The van der Waals surface area contributed by atoms with E-state index in [1.54, 1.807) is 30.8 Å². The molecule has 0 aliphatic rings. The fourth-order valence-corrected chi connectivity index (χ4v) is 2.84. The number of benzene rings is 2. The van der Waals surface area contributed by atoms with E-state index in [-0.39, 0.29) is 5.91 Å². The molecule has 22 heavy (non-hydrogen) atoms. The van der Waals surface area contributed by atoms with E-state index in [2.05, 4.69) is 10.3 Å². The standard InChI is InChI=1S/C16H14N2O3S/c1-20-11-4-6-14(21-2)12(8-11)16(19)18-10-3-5-13-15(7-10)22-9-17-13/h3-9H,1-2H3,(H,18,19). The Morgan fingerprint density at radius 3 is 2.77 bits per heavy atom. The highest BCUT2D eigenvalue weighted by molar-refractivity contribution is 7.16. The molecule has 2 aromatic carbocycles. The normalized spacial score (nSPS) is 10.5. The van der Waals surface area contributed by atoms with Crippen LogP contribution in [-0.2, 0) is 0 Å². The number of hydrogen-bond acceptors (Lipinski definition) is 5. The molecule has 0 fully saturated rings. The number of aromatic nitrogens is 1. The maximum Gasteiger partial charge on any atom is 0.259 e. The van der Waals surface area contributed by atoms with Crippen LogP contribution in [0.25, 0.3) is 10.2 Å². The molecule has 5 nitrogen and oxygen atoms in total. The Morgan fingerprint density at radius 1 is 1.14 bits per heavy atom. The van der Waals surface area contributed by atoms with Crippen molar-refractivity contribution in [1.82, 2.24) is 4.98 Å². The van der Waals surface area contributed by atoms with Crippen LogP contribution in [0.1, 0.15) is 10.4 Å². The molecule has 1 heterocycles. The molecule has 1 N–H and O–H groups in total. The van der Waals surface area contributed by atoms with Crippen LogP contribution in [0, 0.1) is 0 Å². The van der Waals surface area contributed by atoms with Crippen LogP contribution in [0.5, 0.6) is 11.5 Å². The molecule has 1 aromatic heterocycles. The van der Waals surface area contributed by atoms with Gasteiger partial charge >= 0.3 is 0 Å². The van der Waals surface area contributed by atoms with Gasteiger partial charge in [0.1, 0.15) is 11.5 Å². The van der Waals surface area contributed by atoms with Crippen LogP contribution in [0.2, 0.25) is 0 Å². The van der Waals surface area contributed by atoms with Crippen LogP contribution < -0.4 is 14.8 Å². The quantitative estimate of drug-likeness (QED) is 0.800. The van der Waals surface area contributed by atoms with Gasteiger partial charge in [-0.2, -0.15) is 0 Å². The fourth-order valence-electron chi connectivity index (χ4n) is 2.12. The van der Waals surface area contributed by atoms with Crippen molar-refractivity contribution < 1.29 is 14.3 Å². The first-order valence-electron chi connectivity index (χ1n) is 6.58. The van der Waals surface area contributed by atoms with Gasteiger partial charge in [0, 0.05) is 5.69 Å². The summed E-state index contributed by atoms with van der Waals surface area (Å²) in [6.07, 6.45) is 0. The van der Waals surface area contributed by atoms with Crippen molar-refractivity contribution in [2.24, 2.45) is 0 Å². The molecular weight excluding hydrogens is 300 g/mol. The number of fused-ring (bicyclic) bond motifs is 1. The predicted octanol–water partition coefficient (Wildman–Crippen LogP) is 3.57. The molecule has 0 unspecified atom stereocenters. The van der Waals surface area contributed by atoms with Gasteiger partial charge in [0.25, 0.3) is 5.91 Å². The molecule has 0 saturated heterocycles. The minimum atomic E-state index is -0.250. The lowest BCUT2D eigenvalue weighted by molar-refractivity contribution is 0.102. The van der Waals surface area contributed by atoms with Gasteiger partial charge in [0.05, 0.1) is 35.5 Å². The van der Waals surface area contributed by atoms with E-state index < -0.39 is 0 Å². The van der Waals surface area contributed by atoms with E-state index in [1.807, 2.05) is 18.2 Å². The third-order valence-electron chi connectivity index (χ3n) is 3.24. The van der Waals surface area contributed by atoms with Crippen LogP contribution >= 0.6 is 11.3 Å². The third kappa shape index (κ3) is 2.73. The summed E-state index contributed by atoms with van der Waals surface area (Å²) in [6.45, 7) is 0. The second-order valence-electron chi connectivity index (χ2n) is 4.56. The van der Waals surface area contributed by atoms with Gasteiger partial charge in [-0.3, -0.25) is 4.79 Å². The second-order valence-corrected chi connectivity index (χ2v) is 5.44. The van der Waals surface area contributed by atoms with Crippen molar-refractivity contribution >= 4 is 33.1 Å². The van der Waals surface area contributed by atoms with Crippen molar-refractivity contribution in [3.63, 3.8) is 0 Å². The minimum absolute atomic E-state index is 0.250. The van der Waals surface area contributed by atoms with E-state index in [0.717, 1.165) is 10.2 Å². The largest absolute Gasteiger partial charge is 0.497 e. The number of ether oxygens (including phenoxy) is 2. The number of hydrogen-bond donors (Lipinski definition) is 1. The number of nitrogens with one attached hydrogen (secondary N) is 1. The first-order valence-corrected chi connectivity index (χ1v) is 7.46. The molecule has 0 saturated carbocycles. The van der Waals surface area contributed by atoms with Gasteiger partial charge in [0.2, 0.25) is 0 Å². The third-order valence-corrected chi connectivity index (χ3v) is 4.03. The van der Waals surface area contributed by atoms with E-state index in [9.17, 15) is 4.79 Å². The van der Waals surface area contributed by atoms with Gasteiger partial charge < -0.3 is 14.8 Å². The van der Waals surface area contributed by atoms with E-state index in [0.29, 0.717) is 22.7 Å². The molecule has 0 bridgehead atoms. The first-order chi connectivity index (χ1) is 10.7. The summed E-state index contributed by atoms with van der Waals surface area (Å²) in [5.74, 6) is 0.848. The molecule has 0 aliphatic carbocycles. The monoisotopic (exact) mass is 314 g/mol. The maximum atomic E-state index is 12.5. The number of thiazole rings is 1. The summed E-state index contributed by atoms with van der Waals surface area (Å²) in [5.41, 5.74) is 3.83. The Hall–Kier alpha value is -2.60. The number of carbonyl (C=O) groups is 1. The van der Waals surface area contributed by atoms with Gasteiger partial charge in [0.15, 0.2) is 0 Å². The lowest BCUT2D eigenvalue weighted by atomic mass is 10.1. The van der Waals surface area contributed by atoms with Gasteiger partial charge in [-0.25, -0.2) is 4.98 Å². The molecule has 0 aliphatic heterocycles. The molecule has 0 radical (unpaired) electrons. The smallest absolute Gasteiger partial charge is 0.259 e. The highest BCUT2D eigenvalue weighted by atomic mass is 32.1. The first kappa shape index (κ1) is 14.3. The van der Waals surface area contributed by atoms with Gasteiger partial charge in [-0.05, 0) is 36.4 Å². The average Bonchev–Trinajstić information content (AvgIpc) is 3.01. The highest BCUT2D eigenvalue weighted by Gasteiger charge is 2.14. The molecular formula is C16H14N2O3S. The molecule has 1 amide bonds. The molecule has 112 valence electrons. The zero-order valence-electron chi connectivity index (χ0n) is 12.1. The summed E-state index contributed by atoms with van der Waals surface area (Å²) < 4.78 is 11.4. The van der Waals surface area contributed by atoms with Crippen LogP contribution in [0.3, 0.4) is 0 Å². The van der Waals surface area contributed by atoms with Crippen LogP contribution in [-0.4, -0.2) is 25.1 Å². The number of anilines is 1. The minimum Gasteiger partial charge on any atom is -0.497 e. The highest BCUT2D eigenvalue weighted by Crippen LogP contribution is 2.26. The van der Waals surface area contributed by atoms with Crippen molar-refractivity contribution in [3.8, 4) is 11.5 Å². The van der Waals surface area contributed by atoms with Crippen molar-refractivity contribution in [2.45, 2.75) is 0 Å². The van der Waals surface area contributed by atoms with E-state index >= 15 is 0 Å². The van der Waals surface area contributed by atoms with Crippen molar-refractivity contribution in [3.05, 3.63) is 47.5 Å². The van der Waals surface area contributed by atoms with Crippen molar-refractivity contribution in [1.29, 1.82) is 0 Å². The van der Waals surface area contributed by atoms with Crippen LogP contribution in [0.15, 0.2) is 41.9 Å². The van der Waals surface area contributed by atoms with E-state index in [4.69, 9.17) is 9.47 Å². The summed E-state index contributed by atoms with van der Waals surface area (Å²) in [4.78, 5) is 16.7. The SMILES string of the molecule is COc1ccc(OC)c(C(=O)Nc2ccc3ncsc3c2)c1. The van der Waals surface area contributed by atoms with Crippen molar-refractivity contribution in [2.75, 3.05) is 19.5 Å². The summed E-state index contributed by atoms with van der Waals surface area (Å²) in [5, 5.41) is 2.87. The Bertz CT molecular complexity index is 829. The Morgan fingerprint density at radius 2 is 2.00 bits per heavy atom. The van der Waals surface area contributed by atoms with Gasteiger partial charge in [-0.1, -0.05) is 0 Å². The predicted molar refractivity (Wildman–Crippen MR) is 87.1 cm³/mol. The van der Waals surface area contributed by atoms with Crippen LogP contribution in [0.4, 0.5) is 5.69 Å². The topological polar surface area (TPSA) is 60.5 Å². The number of nitrogens with zero attached hydrogens (tertiary/aromatic N) is 1. The zero-order valence-corrected chi connectivity index (χ0v) is 12.9. The Labute approximate surface area is 131 Å². The van der Waals surface area contributed by atoms with E-state index in [1.165, 1.54) is 18.4 Å². The molecule has 3 aromatic rings. The second kappa shape index (κ2) is 6.03. The molecule has 0 atom stereocenters. The summed E-state index contributed by atoms with van der Waals surface area (Å²) in [7, 11) is 3.09. The number of methoxy groups -OCH3 is 2. The summed E-state index contributed by atoms with van der Waals surface area (Å²) >= 11 is 1.53.